The second-order valence-corrected chi connectivity index (χ2v) is 6.26. The molecule has 2 unspecified atom stereocenters. The Labute approximate surface area is 125 Å². The lowest BCUT2D eigenvalue weighted by molar-refractivity contribution is -0.128. The van der Waals surface area contributed by atoms with E-state index in [1.165, 1.54) is 6.07 Å². The molecule has 6 nitrogen and oxygen atoms in total. The van der Waals surface area contributed by atoms with Crippen LogP contribution in [0.1, 0.15) is 30.8 Å². The molecule has 1 heterocycles. The predicted octanol–water partition coefficient (Wildman–Crippen LogP) is 1.05. The van der Waals surface area contributed by atoms with E-state index in [9.17, 15) is 14.7 Å². The van der Waals surface area contributed by atoms with Gasteiger partial charge in [0.1, 0.15) is 0 Å². The van der Waals surface area contributed by atoms with Gasteiger partial charge in [0.25, 0.3) is 5.91 Å². The van der Waals surface area contributed by atoms with Crippen LogP contribution in [0.4, 0.5) is 0 Å². The summed E-state index contributed by atoms with van der Waals surface area (Å²) in [7, 11) is 0. The first-order chi connectivity index (χ1) is 9.30. The third-order valence-corrected chi connectivity index (χ3v) is 4.18. The number of rotatable bonds is 4. The summed E-state index contributed by atoms with van der Waals surface area (Å²) >= 11 is 3.10. The highest BCUT2D eigenvalue weighted by atomic mass is 79.9. The summed E-state index contributed by atoms with van der Waals surface area (Å²) in [5, 5.41) is 14.9. The third kappa shape index (κ3) is 3.04. The first kappa shape index (κ1) is 15.1. The van der Waals surface area contributed by atoms with E-state index in [1.54, 1.807) is 6.07 Å². The Morgan fingerprint density at radius 1 is 1.50 bits per heavy atom. The van der Waals surface area contributed by atoms with Gasteiger partial charge in [0, 0.05) is 11.5 Å². The van der Waals surface area contributed by atoms with Gasteiger partial charge in [-0.3, -0.25) is 9.59 Å². The molecule has 110 valence electrons. The SMILES string of the molecule is CC1(C)C(O)CC1NC(=O)CNC(=O)c1ccc(Br)o1. The maximum atomic E-state index is 11.7. The Balaban J connectivity index is 1.77. The Kier molecular flexibility index (Phi) is 4.19. The molecule has 0 spiro atoms. The van der Waals surface area contributed by atoms with Crippen LogP contribution in [0.15, 0.2) is 21.2 Å². The van der Waals surface area contributed by atoms with Gasteiger partial charge in [0.2, 0.25) is 5.91 Å². The van der Waals surface area contributed by atoms with Gasteiger partial charge in [-0.25, -0.2) is 0 Å². The van der Waals surface area contributed by atoms with Gasteiger partial charge in [-0.2, -0.15) is 0 Å². The van der Waals surface area contributed by atoms with Crippen molar-refractivity contribution in [2.24, 2.45) is 5.41 Å². The fourth-order valence-electron chi connectivity index (χ4n) is 2.08. The lowest BCUT2D eigenvalue weighted by Crippen LogP contribution is -2.62. The highest BCUT2D eigenvalue weighted by Crippen LogP contribution is 2.40. The number of carbonyl (C=O) groups excluding carboxylic acids is 2. The van der Waals surface area contributed by atoms with Gasteiger partial charge in [-0.05, 0) is 34.5 Å². The number of amides is 2. The minimum atomic E-state index is -0.446. The molecule has 2 rings (SSSR count). The van der Waals surface area contributed by atoms with Crippen LogP contribution in [0, 0.1) is 5.41 Å². The molecule has 0 radical (unpaired) electrons. The molecule has 1 aliphatic carbocycles. The number of halogens is 1. The van der Waals surface area contributed by atoms with Crippen molar-refractivity contribution in [2.75, 3.05) is 6.54 Å². The van der Waals surface area contributed by atoms with E-state index in [-0.39, 0.29) is 29.7 Å². The average molecular weight is 345 g/mol. The molecule has 3 N–H and O–H groups in total. The minimum absolute atomic E-state index is 0.0698. The Bertz CT molecular complexity index is 526. The van der Waals surface area contributed by atoms with Gasteiger partial charge in [0.15, 0.2) is 10.4 Å². The molecule has 0 aliphatic heterocycles. The second-order valence-electron chi connectivity index (χ2n) is 5.48. The van der Waals surface area contributed by atoms with E-state index >= 15 is 0 Å². The molecule has 20 heavy (non-hydrogen) atoms. The van der Waals surface area contributed by atoms with Crippen molar-refractivity contribution in [1.82, 2.24) is 10.6 Å². The van der Waals surface area contributed by atoms with Gasteiger partial charge in [-0.15, -0.1) is 0 Å². The molecule has 1 saturated carbocycles. The summed E-state index contributed by atoms with van der Waals surface area (Å²) in [4.78, 5) is 23.4. The first-order valence-electron chi connectivity index (χ1n) is 6.31. The molecule has 7 heteroatoms. The van der Waals surface area contributed by atoms with Gasteiger partial charge in [0.05, 0.1) is 12.6 Å². The Hall–Kier alpha value is -1.34. The number of carbonyl (C=O) groups is 2. The van der Waals surface area contributed by atoms with Crippen molar-refractivity contribution in [3.63, 3.8) is 0 Å². The van der Waals surface area contributed by atoms with E-state index in [0.717, 1.165) is 0 Å². The molecule has 2 atom stereocenters. The molecule has 0 saturated heterocycles. The highest BCUT2D eigenvalue weighted by molar-refractivity contribution is 9.10. The van der Waals surface area contributed by atoms with E-state index in [2.05, 4.69) is 26.6 Å². The van der Waals surface area contributed by atoms with Crippen LogP contribution in [0.3, 0.4) is 0 Å². The number of furan rings is 1. The summed E-state index contributed by atoms with van der Waals surface area (Å²) in [6, 6.07) is 3.05. The van der Waals surface area contributed by atoms with Crippen LogP contribution in [0.2, 0.25) is 0 Å². The molecule has 0 bridgehead atoms. The van der Waals surface area contributed by atoms with Crippen LogP contribution in [0.5, 0.6) is 0 Å². The van der Waals surface area contributed by atoms with Crippen molar-refractivity contribution in [3.8, 4) is 0 Å². The fourth-order valence-corrected chi connectivity index (χ4v) is 2.38. The van der Waals surface area contributed by atoms with Crippen LogP contribution in [-0.4, -0.2) is 35.6 Å². The molecule has 1 aromatic heterocycles. The molecule has 1 aliphatic rings. The molecule has 1 aromatic rings. The average Bonchev–Trinajstić information content (AvgIpc) is 2.82. The number of aliphatic hydroxyl groups is 1. The lowest BCUT2D eigenvalue weighted by Gasteiger charge is -2.49. The lowest BCUT2D eigenvalue weighted by atomic mass is 9.64. The molecular weight excluding hydrogens is 328 g/mol. The van der Waals surface area contributed by atoms with Crippen LogP contribution in [0.25, 0.3) is 0 Å². The fraction of sp³-hybridized carbons (Fsp3) is 0.538. The molecular formula is C13H17BrN2O4. The second kappa shape index (κ2) is 5.57. The van der Waals surface area contributed by atoms with Crippen molar-refractivity contribution in [3.05, 3.63) is 22.6 Å². The maximum Gasteiger partial charge on any atom is 0.287 e. The van der Waals surface area contributed by atoms with Crippen LogP contribution in [-0.2, 0) is 4.79 Å². The number of aliphatic hydroxyl groups excluding tert-OH is 1. The van der Waals surface area contributed by atoms with Gasteiger partial charge < -0.3 is 20.2 Å². The summed E-state index contributed by atoms with van der Waals surface area (Å²) in [5.74, 6) is -0.586. The van der Waals surface area contributed by atoms with Crippen molar-refractivity contribution in [2.45, 2.75) is 32.4 Å². The predicted molar refractivity (Wildman–Crippen MR) is 75.1 cm³/mol. The largest absolute Gasteiger partial charge is 0.444 e. The topological polar surface area (TPSA) is 91.6 Å². The normalized spacial score (nSPS) is 23.8. The smallest absolute Gasteiger partial charge is 0.287 e. The van der Waals surface area contributed by atoms with E-state index in [1.807, 2.05) is 13.8 Å². The monoisotopic (exact) mass is 344 g/mol. The van der Waals surface area contributed by atoms with Crippen LogP contribution >= 0.6 is 15.9 Å². The number of hydrogen-bond donors (Lipinski definition) is 3. The highest BCUT2D eigenvalue weighted by Gasteiger charge is 2.47. The van der Waals surface area contributed by atoms with Crippen molar-refractivity contribution in [1.29, 1.82) is 0 Å². The van der Waals surface area contributed by atoms with Crippen molar-refractivity contribution >= 4 is 27.7 Å². The van der Waals surface area contributed by atoms with Gasteiger partial charge >= 0.3 is 0 Å². The van der Waals surface area contributed by atoms with Crippen LogP contribution < -0.4 is 10.6 Å². The zero-order valence-corrected chi connectivity index (χ0v) is 12.9. The summed E-state index contributed by atoms with van der Waals surface area (Å²) in [6.07, 6.45) is 0.139. The number of nitrogens with one attached hydrogen (secondary N) is 2. The van der Waals surface area contributed by atoms with E-state index in [0.29, 0.717) is 11.1 Å². The van der Waals surface area contributed by atoms with Gasteiger partial charge in [-0.1, -0.05) is 13.8 Å². The maximum absolute atomic E-state index is 11.7. The standard InChI is InChI=1S/C13H17BrN2O4/c1-13(2)8(5-9(13)17)16-11(18)6-15-12(19)7-3-4-10(14)20-7/h3-4,8-9,17H,5-6H2,1-2H3,(H,15,19)(H,16,18). The van der Waals surface area contributed by atoms with E-state index < -0.39 is 12.0 Å². The molecule has 2 amide bonds. The summed E-state index contributed by atoms with van der Waals surface area (Å²) < 4.78 is 5.53. The summed E-state index contributed by atoms with van der Waals surface area (Å²) in [5.41, 5.74) is -0.328. The summed E-state index contributed by atoms with van der Waals surface area (Å²) in [6.45, 7) is 3.66. The quantitative estimate of drug-likeness (QED) is 0.761. The molecule has 0 aromatic carbocycles. The zero-order valence-electron chi connectivity index (χ0n) is 11.3. The minimum Gasteiger partial charge on any atom is -0.444 e. The Morgan fingerprint density at radius 3 is 2.70 bits per heavy atom. The third-order valence-electron chi connectivity index (χ3n) is 3.76. The number of hydrogen-bond acceptors (Lipinski definition) is 4. The molecule has 1 fully saturated rings. The Morgan fingerprint density at radius 2 is 2.20 bits per heavy atom. The van der Waals surface area contributed by atoms with Crippen molar-refractivity contribution < 1.29 is 19.1 Å². The first-order valence-corrected chi connectivity index (χ1v) is 7.11. The zero-order chi connectivity index (χ0) is 14.9. The van der Waals surface area contributed by atoms with E-state index in [4.69, 9.17) is 4.42 Å².